The molecule has 2 unspecified atom stereocenters. The molecule has 4 aliphatic rings. The molecular weight excluding hydrogens is 313 g/mol. The normalized spacial score (nSPS) is 36.1. The average Bonchev–Trinajstić information content (AvgIpc) is 2.98. The molecule has 3 heteroatoms. The van der Waals surface area contributed by atoms with Crippen molar-refractivity contribution >= 4 is 0 Å². The van der Waals surface area contributed by atoms with E-state index in [1.54, 1.807) is 0 Å². The minimum absolute atomic E-state index is 0.0768. The second kappa shape index (κ2) is 5.44. The fourth-order valence-corrected chi connectivity index (χ4v) is 6.26. The van der Waals surface area contributed by atoms with Gasteiger partial charge in [-0.15, -0.1) is 0 Å². The van der Waals surface area contributed by atoms with Gasteiger partial charge in [0, 0.05) is 24.9 Å². The van der Waals surface area contributed by atoms with Gasteiger partial charge >= 0.3 is 0 Å². The first-order chi connectivity index (χ1) is 12.0. The van der Waals surface area contributed by atoms with Crippen molar-refractivity contribution in [2.75, 3.05) is 0 Å². The number of rotatable bonds is 3. The van der Waals surface area contributed by atoms with E-state index in [0.717, 1.165) is 30.7 Å². The molecule has 1 N–H and O–H groups in total. The Morgan fingerprint density at radius 3 is 2.64 bits per heavy atom. The quantitative estimate of drug-likeness (QED) is 0.866. The predicted octanol–water partition coefficient (Wildman–Crippen LogP) is 4.64. The van der Waals surface area contributed by atoms with Crippen molar-refractivity contribution in [2.45, 2.75) is 57.1 Å². The highest BCUT2D eigenvalue weighted by Crippen LogP contribution is 2.59. The summed E-state index contributed by atoms with van der Waals surface area (Å²) in [7, 11) is 0. The molecule has 2 atom stereocenters. The van der Waals surface area contributed by atoms with Crippen LogP contribution in [0.5, 0.6) is 0 Å². The van der Waals surface area contributed by atoms with Gasteiger partial charge in [0.1, 0.15) is 5.82 Å². The number of aryl methyl sites for hydroxylation is 1. The van der Waals surface area contributed by atoms with Gasteiger partial charge in [0.25, 0.3) is 0 Å². The van der Waals surface area contributed by atoms with Gasteiger partial charge in [-0.2, -0.15) is 0 Å². The predicted molar refractivity (Wildman–Crippen MR) is 95.9 cm³/mol. The van der Waals surface area contributed by atoms with E-state index in [9.17, 15) is 9.50 Å². The van der Waals surface area contributed by atoms with Gasteiger partial charge in [-0.1, -0.05) is 18.2 Å². The number of benzene rings is 1. The van der Waals surface area contributed by atoms with E-state index in [0.29, 0.717) is 29.9 Å². The molecule has 0 saturated heterocycles. The Morgan fingerprint density at radius 1 is 1.16 bits per heavy atom. The summed E-state index contributed by atoms with van der Waals surface area (Å²) in [6, 6.07) is 8.31. The van der Waals surface area contributed by atoms with E-state index in [4.69, 9.17) is 0 Å². The van der Waals surface area contributed by atoms with E-state index in [1.165, 1.54) is 18.4 Å². The molecule has 0 radical (unpaired) electrons. The Kier molecular flexibility index (Phi) is 3.40. The van der Waals surface area contributed by atoms with E-state index in [2.05, 4.69) is 23.0 Å². The average molecular weight is 339 g/mol. The Labute approximate surface area is 148 Å². The second-order valence-corrected chi connectivity index (χ2v) is 8.88. The maximum absolute atomic E-state index is 14.3. The van der Waals surface area contributed by atoms with Crippen LogP contribution in [-0.4, -0.2) is 15.3 Å². The number of nitrogens with zero attached hydrogens (tertiary/aromatic N) is 1. The Hall–Kier alpha value is -1.61. The zero-order valence-electron chi connectivity index (χ0n) is 14.8. The van der Waals surface area contributed by atoms with E-state index in [-0.39, 0.29) is 11.4 Å². The van der Waals surface area contributed by atoms with Crippen LogP contribution in [0.15, 0.2) is 36.7 Å². The highest BCUT2D eigenvalue weighted by Gasteiger charge is 2.55. The highest BCUT2D eigenvalue weighted by molar-refractivity contribution is 5.30. The van der Waals surface area contributed by atoms with Crippen molar-refractivity contribution in [2.24, 2.45) is 17.8 Å². The van der Waals surface area contributed by atoms with E-state index >= 15 is 0 Å². The van der Waals surface area contributed by atoms with Crippen LogP contribution in [0.4, 0.5) is 4.39 Å². The summed E-state index contributed by atoms with van der Waals surface area (Å²) in [5.74, 6) is 1.86. The fraction of sp³-hybridized carbons (Fsp3) is 0.545. The lowest BCUT2D eigenvalue weighted by atomic mass is 9.52. The molecule has 1 aromatic carbocycles. The minimum Gasteiger partial charge on any atom is -0.390 e. The van der Waals surface area contributed by atoms with Crippen LogP contribution < -0.4 is 0 Å². The van der Waals surface area contributed by atoms with Gasteiger partial charge in [0.2, 0.25) is 0 Å². The van der Waals surface area contributed by atoms with Crippen LogP contribution in [-0.2, 0) is 6.42 Å². The van der Waals surface area contributed by atoms with Gasteiger partial charge in [-0.05, 0) is 79.5 Å². The Bertz CT molecular complexity index is 794. The van der Waals surface area contributed by atoms with Gasteiger partial charge in [-0.3, -0.25) is 0 Å². The maximum Gasteiger partial charge on any atom is 0.129 e. The summed E-state index contributed by atoms with van der Waals surface area (Å²) in [4.78, 5) is 0. The standard InChI is InChI=1S/C22H26FNO/c1-14-3-2-4-17(20(14)23)7-15-5-6-24(13-15)21-18-8-16-9-19(21)12-22(25,10-16)11-18/h2-6,13,16,18-19,21,25H,7-12H2,1H3. The Morgan fingerprint density at radius 2 is 1.92 bits per heavy atom. The third kappa shape index (κ3) is 2.55. The molecule has 4 aliphatic carbocycles. The van der Waals surface area contributed by atoms with Crippen LogP contribution in [0.3, 0.4) is 0 Å². The third-order valence-electron chi connectivity index (χ3n) is 6.98. The zero-order chi connectivity index (χ0) is 17.2. The Balaban J connectivity index is 1.39. The molecule has 4 saturated carbocycles. The molecular formula is C22H26FNO. The summed E-state index contributed by atoms with van der Waals surface area (Å²) in [6.07, 6.45) is 10.5. The number of aliphatic hydroxyl groups is 1. The molecule has 6 rings (SSSR count). The molecule has 1 aromatic heterocycles. The van der Waals surface area contributed by atoms with Crippen LogP contribution in [0, 0.1) is 30.5 Å². The zero-order valence-corrected chi connectivity index (χ0v) is 14.8. The second-order valence-electron chi connectivity index (χ2n) is 8.88. The van der Waals surface area contributed by atoms with Crippen molar-refractivity contribution in [3.63, 3.8) is 0 Å². The molecule has 1 heterocycles. The van der Waals surface area contributed by atoms with Crippen molar-refractivity contribution in [3.8, 4) is 0 Å². The number of hydrogen-bond acceptors (Lipinski definition) is 1. The molecule has 2 aromatic rings. The molecule has 4 fully saturated rings. The first-order valence-electron chi connectivity index (χ1n) is 9.63. The maximum atomic E-state index is 14.3. The van der Waals surface area contributed by atoms with Crippen LogP contribution in [0.2, 0.25) is 0 Å². The third-order valence-corrected chi connectivity index (χ3v) is 6.98. The van der Waals surface area contributed by atoms with Crippen molar-refractivity contribution in [1.29, 1.82) is 0 Å². The van der Waals surface area contributed by atoms with E-state index < -0.39 is 0 Å². The molecule has 2 nitrogen and oxygen atoms in total. The fourth-order valence-electron chi connectivity index (χ4n) is 6.26. The molecule has 4 bridgehead atoms. The number of hydrogen-bond donors (Lipinski definition) is 1. The largest absolute Gasteiger partial charge is 0.390 e. The molecule has 132 valence electrons. The van der Waals surface area contributed by atoms with Crippen molar-refractivity contribution < 1.29 is 9.50 Å². The molecule has 25 heavy (non-hydrogen) atoms. The lowest BCUT2D eigenvalue weighted by Gasteiger charge is -2.58. The van der Waals surface area contributed by atoms with Crippen LogP contribution >= 0.6 is 0 Å². The lowest BCUT2D eigenvalue weighted by Crippen LogP contribution is -2.54. The lowest BCUT2D eigenvalue weighted by molar-refractivity contribution is -0.146. The first-order valence-corrected chi connectivity index (χ1v) is 9.63. The van der Waals surface area contributed by atoms with Gasteiger partial charge < -0.3 is 9.67 Å². The van der Waals surface area contributed by atoms with E-state index in [1.807, 2.05) is 25.1 Å². The van der Waals surface area contributed by atoms with Crippen molar-refractivity contribution in [3.05, 3.63) is 59.2 Å². The van der Waals surface area contributed by atoms with Crippen LogP contribution in [0.1, 0.15) is 54.8 Å². The number of aromatic nitrogens is 1. The highest BCUT2D eigenvalue weighted by atomic mass is 19.1. The molecule has 0 spiro atoms. The van der Waals surface area contributed by atoms with Crippen LogP contribution in [0.25, 0.3) is 0 Å². The topological polar surface area (TPSA) is 25.2 Å². The summed E-state index contributed by atoms with van der Waals surface area (Å²) in [5, 5.41) is 10.8. The first kappa shape index (κ1) is 15.6. The minimum atomic E-state index is -0.381. The van der Waals surface area contributed by atoms with Crippen molar-refractivity contribution in [1.82, 2.24) is 4.57 Å². The number of halogens is 1. The van der Waals surface area contributed by atoms with Gasteiger partial charge in [0.15, 0.2) is 0 Å². The molecule has 0 amide bonds. The van der Waals surface area contributed by atoms with Gasteiger partial charge in [-0.25, -0.2) is 4.39 Å². The summed E-state index contributed by atoms with van der Waals surface area (Å²) >= 11 is 0. The monoisotopic (exact) mass is 339 g/mol. The SMILES string of the molecule is Cc1cccc(Cc2ccn(C3C4CC5CC3CC(O)(C5)C4)c2)c1F. The smallest absolute Gasteiger partial charge is 0.129 e. The summed E-state index contributed by atoms with van der Waals surface area (Å²) in [6.45, 7) is 1.82. The summed E-state index contributed by atoms with van der Waals surface area (Å²) in [5.41, 5.74) is 2.29. The van der Waals surface area contributed by atoms with Gasteiger partial charge in [0.05, 0.1) is 5.60 Å². The molecule has 0 aliphatic heterocycles. The summed E-state index contributed by atoms with van der Waals surface area (Å²) < 4.78 is 16.7.